The number of carbonyl (C=O) groups excluding carboxylic acids is 1. The topological polar surface area (TPSA) is 66.9 Å². The third-order valence-corrected chi connectivity index (χ3v) is 3.43. The molecule has 0 bridgehead atoms. The van der Waals surface area contributed by atoms with E-state index in [4.69, 9.17) is 0 Å². The van der Waals surface area contributed by atoms with Gasteiger partial charge in [-0.15, -0.1) is 0 Å². The number of nitrogens with zero attached hydrogens (tertiary/aromatic N) is 2. The predicted molar refractivity (Wildman–Crippen MR) is 71.8 cm³/mol. The molecule has 94 valence electrons. The van der Waals surface area contributed by atoms with Gasteiger partial charge in [0.05, 0.1) is 23.5 Å². The molecule has 0 aliphatic rings. The highest BCUT2D eigenvalue weighted by atomic mass is 32.1. The van der Waals surface area contributed by atoms with E-state index in [2.05, 4.69) is 20.0 Å². The van der Waals surface area contributed by atoms with Crippen molar-refractivity contribution in [3.63, 3.8) is 0 Å². The molecule has 2 heterocycles. The van der Waals surface area contributed by atoms with Crippen molar-refractivity contribution >= 4 is 22.4 Å². The number of anilines is 1. The molecule has 0 aliphatic heterocycles. The van der Waals surface area contributed by atoms with E-state index in [1.807, 2.05) is 25.1 Å². The highest BCUT2D eigenvalue weighted by Crippen LogP contribution is 2.23. The lowest BCUT2D eigenvalue weighted by Gasteiger charge is -2.05. The van der Waals surface area contributed by atoms with Crippen LogP contribution in [0.3, 0.4) is 0 Å². The molecule has 0 unspecified atom stereocenters. The Morgan fingerprint density at radius 3 is 2.94 bits per heavy atom. The summed E-state index contributed by atoms with van der Waals surface area (Å²) in [6, 6.07) is 5.61. The Labute approximate surface area is 109 Å². The minimum absolute atomic E-state index is 0.128. The first-order chi connectivity index (χ1) is 8.72. The molecule has 0 spiro atoms. The minimum Gasteiger partial charge on any atom is -0.378 e. The van der Waals surface area contributed by atoms with Crippen molar-refractivity contribution in [1.82, 2.24) is 14.7 Å². The second-order valence-electron chi connectivity index (χ2n) is 3.73. The average molecular weight is 262 g/mol. The van der Waals surface area contributed by atoms with Gasteiger partial charge in [0, 0.05) is 13.2 Å². The highest BCUT2D eigenvalue weighted by molar-refractivity contribution is 7.10. The van der Waals surface area contributed by atoms with E-state index < -0.39 is 0 Å². The van der Waals surface area contributed by atoms with Crippen molar-refractivity contribution in [2.45, 2.75) is 13.5 Å². The number of hydrogen-bond acceptors (Lipinski definition) is 5. The maximum Gasteiger partial charge on any atom is 0.256 e. The molecule has 0 atom stereocenters. The molecule has 2 aromatic heterocycles. The van der Waals surface area contributed by atoms with Gasteiger partial charge in [0.2, 0.25) is 0 Å². The van der Waals surface area contributed by atoms with Crippen LogP contribution in [0.25, 0.3) is 0 Å². The predicted octanol–water partition coefficient (Wildman–Crippen LogP) is 1.82. The molecule has 6 heteroatoms. The van der Waals surface area contributed by atoms with Gasteiger partial charge in [0.15, 0.2) is 0 Å². The molecular weight excluding hydrogens is 248 g/mol. The van der Waals surface area contributed by atoms with Gasteiger partial charge in [-0.3, -0.25) is 9.78 Å². The number of nitrogens with one attached hydrogen (secondary N) is 2. The molecule has 5 nitrogen and oxygen atoms in total. The first-order valence-electron chi connectivity index (χ1n) is 5.54. The second-order valence-corrected chi connectivity index (χ2v) is 4.50. The monoisotopic (exact) mass is 262 g/mol. The molecule has 0 fully saturated rings. The maximum absolute atomic E-state index is 12.1. The summed E-state index contributed by atoms with van der Waals surface area (Å²) in [5.74, 6) is -0.128. The number of rotatable bonds is 4. The molecule has 1 amide bonds. The Hall–Kier alpha value is -1.95. The standard InChI is InChI=1S/C12H14N4OS/c1-8-10(12(13-2)18-16-8)11(17)15-7-9-5-3-4-6-14-9/h3-6,13H,7H2,1-2H3,(H,15,17). The van der Waals surface area contributed by atoms with Gasteiger partial charge in [-0.1, -0.05) is 6.07 Å². The number of aryl methyl sites for hydroxylation is 1. The molecule has 2 N–H and O–H groups in total. The van der Waals surface area contributed by atoms with E-state index in [1.165, 1.54) is 11.5 Å². The fourth-order valence-electron chi connectivity index (χ4n) is 1.57. The largest absolute Gasteiger partial charge is 0.378 e. The van der Waals surface area contributed by atoms with Crippen LogP contribution in [0.2, 0.25) is 0 Å². The zero-order valence-electron chi connectivity index (χ0n) is 10.2. The summed E-state index contributed by atoms with van der Waals surface area (Å²) in [6.07, 6.45) is 1.71. The van der Waals surface area contributed by atoms with Crippen LogP contribution in [0.5, 0.6) is 0 Å². The number of pyridine rings is 1. The van der Waals surface area contributed by atoms with E-state index in [0.29, 0.717) is 12.1 Å². The van der Waals surface area contributed by atoms with Crippen LogP contribution in [0.1, 0.15) is 21.7 Å². The number of amides is 1. The van der Waals surface area contributed by atoms with Crippen LogP contribution in [0.15, 0.2) is 24.4 Å². The smallest absolute Gasteiger partial charge is 0.256 e. The second kappa shape index (κ2) is 5.59. The lowest BCUT2D eigenvalue weighted by atomic mass is 10.2. The van der Waals surface area contributed by atoms with Crippen molar-refractivity contribution < 1.29 is 4.79 Å². The maximum atomic E-state index is 12.1. The van der Waals surface area contributed by atoms with Gasteiger partial charge in [-0.2, -0.15) is 4.37 Å². The Bertz CT molecular complexity index is 538. The number of carbonyl (C=O) groups is 1. The van der Waals surface area contributed by atoms with Crippen molar-refractivity contribution in [1.29, 1.82) is 0 Å². The summed E-state index contributed by atoms with van der Waals surface area (Å²) in [7, 11) is 1.78. The molecule has 2 rings (SSSR count). The average Bonchev–Trinajstić information content (AvgIpc) is 2.78. The lowest BCUT2D eigenvalue weighted by Crippen LogP contribution is -2.24. The van der Waals surface area contributed by atoms with Gasteiger partial charge >= 0.3 is 0 Å². The van der Waals surface area contributed by atoms with Gasteiger partial charge in [-0.05, 0) is 30.6 Å². The molecule has 0 saturated carbocycles. The SMILES string of the molecule is CNc1snc(C)c1C(=O)NCc1ccccn1. The van der Waals surface area contributed by atoms with Gasteiger partial charge < -0.3 is 10.6 Å². The first kappa shape index (κ1) is 12.5. The third-order valence-electron chi connectivity index (χ3n) is 2.47. The van der Waals surface area contributed by atoms with Crippen molar-refractivity contribution in [2.75, 3.05) is 12.4 Å². The van der Waals surface area contributed by atoms with Crippen LogP contribution in [0, 0.1) is 6.92 Å². The number of hydrogen-bond donors (Lipinski definition) is 2. The summed E-state index contributed by atoms with van der Waals surface area (Å²) in [5, 5.41) is 6.60. The zero-order chi connectivity index (χ0) is 13.0. The van der Waals surface area contributed by atoms with Gasteiger partial charge in [-0.25, -0.2) is 0 Å². The Balaban J connectivity index is 2.06. The zero-order valence-corrected chi connectivity index (χ0v) is 11.0. The lowest BCUT2D eigenvalue weighted by molar-refractivity contribution is 0.0951. The molecular formula is C12H14N4OS. The summed E-state index contributed by atoms with van der Waals surface area (Å²) in [6.45, 7) is 2.24. The quantitative estimate of drug-likeness (QED) is 0.882. The van der Waals surface area contributed by atoms with Crippen LogP contribution in [-0.2, 0) is 6.54 Å². The van der Waals surface area contributed by atoms with Crippen molar-refractivity contribution in [3.8, 4) is 0 Å². The summed E-state index contributed by atoms with van der Waals surface area (Å²) in [5.41, 5.74) is 2.18. The fourth-order valence-corrected chi connectivity index (χ4v) is 2.31. The number of aromatic nitrogens is 2. The summed E-state index contributed by atoms with van der Waals surface area (Å²) >= 11 is 1.29. The Morgan fingerprint density at radius 2 is 2.28 bits per heavy atom. The van der Waals surface area contributed by atoms with E-state index in [-0.39, 0.29) is 5.91 Å². The molecule has 2 aromatic rings. The van der Waals surface area contributed by atoms with E-state index in [9.17, 15) is 4.79 Å². The molecule has 0 aromatic carbocycles. The molecule has 18 heavy (non-hydrogen) atoms. The van der Waals surface area contributed by atoms with Crippen LogP contribution >= 0.6 is 11.5 Å². The van der Waals surface area contributed by atoms with E-state index >= 15 is 0 Å². The third kappa shape index (κ3) is 2.65. The van der Waals surface area contributed by atoms with E-state index in [1.54, 1.807) is 13.2 Å². The Kier molecular flexibility index (Phi) is 3.88. The normalized spacial score (nSPS) is 10.1. The van der Waals surface area contributed by atoms with Crippen molar-refractivity contribution in [3.05, 3.63) is 41.3 Å². The summed E-state index contributed by atoms with van der Waals surface area (Å²) < 4.78 is 4.17. The van der Waals surface area contributed by atoms with Crippen LogP contribution in [-0.4, -0.2) is 22.3 Å². The van der Waals surface area contributed by atoms with Gasteiger partial charge in [0.1, 0.15) is 5.00 Å². The first-order valence-corrected chi connectivity index (χ1v) is 6.32. The summed E-state index contributed by atoms with van der Waals surface area (Å²) in [4.78, 5) is 16.2. The van der Waals surface area contributed by atoms with Crippen LogP contribution < -0.4 is 10.6 Å². The minimum atomic E-state index is -0.128. The molecule has 0 aliphatic carbocycles. The fraction of sp³-hybridized carbons (Fsp3) is 0.250. The highest BCUT2D eigenvalue weighted by Gasteiger charge is 2.17. The molecule has 0 radical (unpaired) electrons. The molecule has 0 saturated heterocycles. The van der Waals surface area contributed by atoms with Crippen LogP contribution in [0.4, 0.5) is 5.00 Å². The van der Waals surface area contributed by atoms with Gasteiger partial charge in [0.25, 0.3) is 5.91 Å². The Morgan fingerprint density at radius 1 is 1.44 bits per heavy atom. The van der Waals surface area contributed by atoms with Crippen molar-refractivity contribution in [2.24, 2.45) is 0 Å². The van der Waals surface area contributed by atoms with E-state index in [0.717, 1.165) is 16.4 Å².